The first-order valence-electron chi connectivity index (χ1n) is 5.96. The van der Waals surface area contributed by atoms with Gasteiger partial charge in [-0.05, 0) is 31.9 Å². The Labute approximate surface area is 118 Å². The summed E-state index contributed by atoms with van der Waals surface area (Å²) in [5, 5.41) is 0. The van der Waals surface area contributed by atoms with Gasteiger partial charge in [-0.15, -0.1) is 11.6 Å². The largest absolute Gasteiger partial charge is 0.467 e. The van der Waals surface area contributed by atoms with Crippen LogP contribution in [0.3, 0.4) is 0 Å². The molecule has 1 aromatic rings. The van der Waals surface area contributed by atoms with Crippen molar-refractivity contribution in [1.82, 2.24) is 0 Å². The summed E-state index contributed by atoms with van der Waals surface area (Å²) in [6, 6.07) is 4.97. The van der Waals surface area contributed by atoms with Crippen molar-refractivity contribution in [1.29, 1.82) is 0 Å². The molecule has 1 amide bonds. The van der Waals surface area contributed by atoms with Gasteiger partial charge in [0, 0.05) is 0 Å². The minimum absolute atomic E-state index is 0.185. The Morgan fingerprint density at radius 1 is 1.32 bits per heavy atom. The molecular formula is C14H18ClNO3. The third kappa shape index (κ3) is 3.26. The van der Waals surface area contributed by atoms with Crippen molar-refractivity contribution in [2.45, 2.75) is 26.8 Å². The molecule has 0 heterocycles. The molecule has 19 heavy (non-hydrogen) atoms. The maximum Gasteiger partial charge on any atom is 0.328 e. The minimum atomic E-state index is -0.712. The predicted molar refractivity (Wildman–Crippen MR) is 75.6 cm³/mol. The van der Waals surface area contributed by atoms with Crippen molar-refractivity contribution < 1.29 is 14.3 Å². The van der Waals surface area contributed by atoms with E-state index in [0.29, 0.717) is 5.69 Å². The lowest BCUT2D eigenvalue weighted by atomic mass is 10.1. The molecule has 0 spiro atoms. The van der Waals surface area contributed by atoms with E-state index in [9.17, 15) is 9.59 Å². The van der Waals surface area contributed by atoms with Crippen molar-refractivity contribution in [3.63, 3.8) is 0 Å². The minimum Gasteiger partial charge on any atom is -0.467 e. The van der Waals surface area contributed by atoms with Crippen LogP contribution >= 0.6 is 11.6 Å². The molecule has 0 aliphatic rings. The summed E-state index contributed by atoms with van der Waals surface area (Å²) >= 11 is 5.65. The van der Waals surface area contributed by atoms with E-state index in [0.717, 1.165) is 11.1 Å². The topological polar surface area (TPSA) is 46.6 Å². The van der Waals surface area contributed by atoms with E-state index in [4.69, 9.17) is 16.3 Å². The molecule has 0 aliphatic heterocycles. The normalized spacial score (nSPS) is 11.8. The Bertz CT molecular complexity index is 467. The number of ether oxygens (including phenoxy) is 1. The lowest BCUT2D eigenvalue weighted by Gasteiger charge is -2.29. The number of rotatable bonds is 4. The highest BCUT2D eigenvalue weighted by Crippen LogP contribution is 2.27. The second kappa shape index (κ2) is 6.57. The van der Waals surface area contributed by atoms with Crippen LogP contribution in [0.5, 0.6) is 0 Å². The average Bonchev–Trinajstić information content (AvgIpc) is 2.40. The van der Waals surface area contributed by atoms with Gasteiger partial charge in [-0.25, -0.2) is 4.79 Å². The van der Waals surface area contributed by atoms with Gasteiger partial charge in [0.2, 0.25) is 5.91 Å². The van der Waals surface area contributed by atoms with E-state index in [2.05, 4.69) is 0 Å². The van der Waals surface area contributed by atoms with E-state index in [1.165, 1.54) is 12.0 Å². The van der Waals surface area contributed by atoms with Crippen LogP contribution in [0.25, 0.3) is 0 Å². The number of hydrogen-bond acceptors (Lipinski definition) is 3. The van der Waals surface area contributed by atoms with Gasteiger partial charge in [0.1, 0.15) is 11.9 Å². The highest BCUT2D eigenvalue weighted by atomic mass is 35.5. The third-order valence-corrected chi connectivity index (χ3v) is 3.22. The molecule has 1 rings (SSSR count). The Kier molecular flexibility index (Phi) is 5.36. The summed E-state index contributed by atoms with van der Waals surface area (Å²) in [6.07, 6.45) is 0. The van der Waals surface area contributed by atoms with Crippen LogP contribution < -0.4 is 4.90 Å². The molecule has 1 aromatic carbocycles. The molecule has 0 bridgehead atoms. The molecule has 1 atom stereocenters. The SMILES string of the molecule is COC(=O)[C@@H](C)N(C(=O)CCl)c1c(C)cccc1C. The van der Waals surface area contributed by atoms with Gasteiger partial charge in [-0.1, -0.05) is 18.2 Å². The number of carbonyl (C=O) groups is 2. The Hall–Kier alpha value is -1.55. The molecule has 0 aromatic heterocycles. The average molecular weight is 284 g/mol. The monoisotopic (exact) mass is 283 g/mol. The van der Waals surface area contributed by atoms with Gasteiger partial charge < -0.3 is 4.74 Å². The second-order valence-electron chi connectivity index (χ2n) is 4.34. The van der Waals surface area contributed by atoms with Crippen LogP contribution in [0.4, 0.5) is 5.69 Å². The molecule has 0 unspecified atom stereocenters. The van der Waals surface area contributed by atoms with E-state index in [-0.39, 0.29) is 11.8 Å². The number of anilines is 1. The third-order valence-electron chi connectivity index (χ3n) is 2.99. The van der Waals surface area contributed by atoms with Gasteiger partial charge in [0.25, 0.3) is 0 Å². The van der Waals surface area contributed by atoms with E-state index in [1.807, 2.05) is 32.0 Å². The number of para-hydroxylation sites is 1. The van der Waals surface area contributed by atoms with Crippen molar-refractivity contribution in [3.8, 4) is 0 Å². The fraction of sp³-hybridized carbons (Fsp3) is 0.429. The number of amides is 1. The predicted octanol–water partition coefficient (Wildman–Crippen LogP) is 2.44. The molecule has 0 saturated heterocycles. The molecular weight excluding hydrogens is 266 g/mol. The van der Waals surface area contributed by atoms with Gasteiger partial charge in [0.05, 0.1) is 12.8 Å². The second-order valence-corrected chi connectivity index (χ2v) is 4.60. The number of esters is 1. The van der Waals surface area contributed by atoms with Crippen LogP contribution in [0.1, 0.15) is 18.1 Å². The van der Waals surface area contributed by atoms with Crippen LogP contribution in [-0.4, -0.2) is 30.9 Å². The quantitative estimate of drug-likeness (QED) is 0.630. The van der Waals surface area contributed by atoms with Gasteiger partial charge in [-0.3, -0.25) is 9.69 Å². The summed E-state index contributed by atoms with van der Waals surface area (Å²) < 4.78 is 4.71. The Balaban J connectivity index is 3.32. The zero-order chi connectivity index (χ0) is 14.6. The van der Waals surface area contributed by atoms with Gasteiger partial charge in [0.15, 0.2) is 0 Å². The van der Waals surface area contributed by atoms with Crippen LogP contribution in [0.15, 0.2) is 18.2 Å². The fourth-order valence-electron chi connectivity index (χ4n) is 2.06. The van der Waals surface area contributed by atoms with Crippen molar-refractivity contribution in [3.05, 3.63) is 29.3 Å². The highest BCUT2D eigenvalue weighted by Gasteiger charge is 2.29. The number of aryl methyl sites for hydroxylation is 2. The van der Waals surface area contributed by atoms with Crippen molar-refractivity contribution in [2.24, 2.45) is 0 Å². The molecule has 5 heteroatoms. The number of carbonyl (C=O) groups excluding carboxylic acids is 2. The van der Waals surface area contributed by atoms with Crippen LogP contribution in [-0.2, 0) is 14.3 Å². The highest BCUT2D eigenvalue weighted by molar-refractivity contribution is 6.29. The first-order valence-corrected chi connectivity index (χ1v) is 6.49. The zero-order valence-corrected chi connectivity index (χ0v) is 12.3. The number of hydrogen-bond donors (Lipinski definition) is 0. The number of alkyl halides is 1. The Morgan fingerprint density at radius 3 is 2.26 bits per heavy atom. The molecule has 0 saturated carbocycles. The number of halogens is 1. The van der Waals surface area contributed by atoms with Crippen molar-refractivity contribution in [2.75, 3.05) is 17.9 Å². The summed E-state index contributed by atoms with van der Waals surface area (Å²) in [6.45, 7) is 5.41. The fourth-order valence-corrected chi connectivity index (χ4v) is 2.19. The number of nitrogens with zero attached hydrogens (tertiary/aromatic N) is 1. The van der Waals surface area contributed by atoms with E-state index < -0.39 is 12.0 Å². The standard InChI is InChI=1S/C14H18ClNO3/c1-9-6-5-7-10(2)13(9)16(12(17)8-15)11(3)14(18)19-4/h5-7,11H,8H2,1-4H3/t11-/m1/s1. The maximum absolute atomic E-state index is 12.1. The summed E-state index contributed by atoms with van der Waals surface area (Å²) in [4.78, 5) is 25.2. The van der Waals surface area contributed by atoms with Gasteiger partial charge >= 0.3 is 5.97 Å². The summed E-state index contributed by atoms with van der Waals surface area (Å²) in [5.74, 6) is -0.979. The molecule has 0 radical (unpaired) electrons. The zero-order valence-electron chi connectivity index (χ0n) is 11.6. The van der Waals surface area contributed by atoms with E-state index >= 15 is 0 Å². The lowest BCUT2D eigenvalue weighted by molar-refractivity contribution is -0.142. The molecule has 4 nitrogen and oxygen atoms in total. The van der Waals surface area contributed by atoms with Gasteiger partial charge in [-0.2, -0.15) is 0 Å². The molecule has 0 N–H and O–H groups in total. The van der Waals surface area contributed by atoms with Crippen LogP contribution in [0.2, 0.25) is 0 Å². The summed E-state index contributed by atoms with van der Waals surface area (Å²) in [5.41, 5.74) is 2.54. The molecule has 0 aliphatic carbocycles. The smallest absolute Gasteiger partial charge is 0.328 e. The first-order chi connectivity index (χ1) is 8.93. The number of benzene rings is 1. The maximum atomic E-state index is 12.1. The number of methoxy groups -OCH3 is 1. The van der Waals surface area contributed by atoms with E-state index in [1.54, 1.807) is 6.92 Å². The first kappa shape index (κ1) is 15.5. The van der Waals surface area contributed by atoms with Crippen LogP contribution in [0, 0.1) is 13.8 Å². The Morgan fingerprint density at radius 2 is 1.84 bits per heavy atom. The molecule has 104 valence electrons. The summed E-state index contributed by atoms with van der Waals surface area (Å²) in [7, 11) is 1.30. The lowest BCUT2D eigenvalue weighted by Crippen LogP contribution is -2.45. The molecule has 0 fully saturated rings. The van der Waals surface area contributed by atoms with Crippen molar-refractivity contribution >= 4 is 29.2 Å².